The second-order valence-electron chi connectivity index (χ2n) is 5.82. The van der Waals surface area contributed by atoms with Gasteiger partial charge in [0.05, 0.1) is 0 Å². The molecule has 0 aliphatic rings. The summed E-state index contributed by atoms with van der Waals surface area (Å²) in [6, 6.07) is 14.4. The first kappa shape index (κ1) is 17.8. The van der Waals surface area contributed by atoms with Gasteiger partial charge in [-0.05, 0) is 54.9 Å². The van der Waals surface area contributed by atoms with Crippen LogP contribution in [0.3, 0.4) is 0 Å². The third-order valence-corrected chi connectivity index (χ3v) is 3.80. The Morgan fingerprint density at radius 3 is 2.25 bits per heavy atom. The first-order chi connectivity index (χ1) is 11.4. The molecule has 0 spiro atoms. The zero-order chi connectivity index (χ0) is 17.7. The fourth-order valence-corrected chi connectivity index (χ4v) is 2.38. The average Bonchev–Trinajstić information content (AvgIpc) is 2.55. The van der Waals surface area contributed by atoms with E-state index in [9.17, 15) is 9.59 Å². The number of Topliss-reactive ketones (excluding diaryl/α,β-unsaturated/α-hetero) is 1. The molecule has 2 rings (SSSR count). The smallest absolute Gasteiger partial charge is 0.257 e. The molecule has 4 nitrogen and oxygen atoms in total. The van der Waals surface area contributed by atoms with E-state index in [2.05, 4.69) is 24.5 Å². The van der Waals surface area contributed by atoms with Crippen LogP contribution >= 0.6 is 12.2 Å². The number of hydrogen-bond donors (Lipinski definition) is 2. The largest absolute Gasteiger partial charge is 0.332 e. The van der Waals surface area contributed by atoms with E-state index in [1.54, 1.807) is 36.4 Å². The first-order valence-electron chi connectivity index (χ1n) is 7.70. The van der Waals surface area contributed by atoms with Gasteiger partial charge < -0.3 is 5.32 Å². The number of carbonyl (C=O) groups is 2. The van der Waals surface area contributed by atoms with E-state index in [-0.39, 0.29) is 16.8 Å². The average molecular weight is 340 g/mol. The molecule has 0 radical (unpaired) electrons. The fourth-order valence-electron chi connectivity index (χ4n) is 2.17. The lowest BCUT2D eigenvalue weighted by molar-refractivity contribution is 0.0975. The van der Waals surface area contributed by atoms with Crippen molar-refractivity contribution in [2.45, 2.75) is 26.7 Å². The van der Waals surface area contributed by atoms with E-state index >= 15 is 0 Å². The molecule has 24 heavy (non-hydrogen) atoms. The molecule has 124 valence electrons. The second-order valence-corrected chi connectivity index (χ2v) is 6.23. The van der Waals surface area contributed by atoms with Crippen molar-refractivity contribution >= 4 is 34.7 Å². The molecule has 0 saturated heterocycles. The maximum atomic E-state index is 12.2. The van der Waals surface area contributed by atoms with Crippen molar-refractivity contribution in [2.75, 3.05) is 5.32 Å². The van der Waals surface area contributed by atoms with Gasteiger partial charge >= 0.3 is 0 Å². The topological polar surface area (TPSA) is 58.2 Å². The maximum Gasteiger partial charge on any atom is 0.257 e. The zero-order valence-corrected chi connectivity index (χ0v) is 14.7. The maximum absolute atomic E-state index is 12.2. The summed E-state index contributed by atoms with van der Waals surface area (Å²) in [7, 11) is 0. The molecule has 0 aromatic heterocycles. The molecule has 0 saturated carbocycles. The monoisotopic (exact) mass is 340 g/mol. The van der Waals surface area contributed by atoms with Crippen molar-refractivity contribution < 1.29 is 9.59 Å². The Kier molecular flexibility index (Phi) is 5.82. The number of benzene rings is 2. The number of carbonyl (C=O) groups excluding carboxylic acids is 2. The highest BCUT2D eigenvalue weighted by Crippen LogP contribution is 2.15. The van der Waals surface area contributed by atoms with Gasteiger partial charge in [0, 0.05) is 16.8 Å². The van der Waals surface area contributed by atoms with Crippen LogP contribution in [0.4, 0.5) is 5.69 Å². The van der Waals surface area contributed by atoms with Gasteiger partial charge in [0.1, 0.15) is 0 Å². The summed E-state index contributed by atoms with van der Waals surface area (Å²) in [4.78, 5) is 23.6. The molecule has 0 aliphatic carbocycles. The molecule has 2 aromatic carbocycles. The minimum absolute atomic E-state index is 0.0288. The minimum Gasteiger partial charge on any atom is -0.332 e. The summed E-state index contributed by atoms with van der Waals surface area (Å²) >= 11 is 5.16. The van der Waals surface area contributed by atoms with Gasteiger partial charge in [-0.15, -0.1) is 0 Å². The van der Waals surface area contributed by atoms with Gasteiger partial charge in [0.15, 0.2) is 10.9 Å². The summed E-state index contributed by atoms with van der Waals surface area (Å²) in [5, 5.41) is 5.74. The van der Waals surface area contributed by atoms with Crippen molar-refractivity contribution in [3.63, 3.8) is 0 Å². The number of rotatable bonds is 4. The number of amides is 1. The SMILES string of the molecule is CC(=O)c1cccc(NC(=S)NC(=O)c2ccc(C(C)C)cc2)c1. The third-order valence-electron chi connectivity index (χ3n) is 3.59. The highest BCUT2D eigenvalue weighted by molar-refractivity contribution is 7.80. The molecule has 0 fully saturated rings. The minimum atomic E-state index is -0.273. The molecule has 1 amide bonds. The summed E-state index contributed by atoms with van der Waals surface area (Å²) in [6.45, 7) is 5.70. The van der Waals surface area contributed by atoms with E-state index in [0.717, 1.165) is 0 Å². The molecule has 0 unspecified atom stereocenters. The molecule has 5 heteroatoms. The first-order valence-corrected chi connectivity index (χ1v) is 8.11. The van der Waals surface area contributed by atoms with Crippen LogP contribution in [0.5, 0.6) is 0 Å². The molecule has 0 bridgehead atoms. The summed E-state index contributed by atoms with van der Waals surface area (Å²) < 4.78 is 0. The molecule has 2 aromatic rings. The van der Waals surface area contributed by atoms with Crippen LogP contribution in [0.15, 0.2) is 48.5 Å². The van der Waals surface area contributed by atoms with Gasteiger partial charge in [0.25, 0.3) is 5.91 Å². The van der Waals surface area contributed by atoms with Crippen molar-refractivity contribution in [3.8, 4) is 0 Å². The second kappa shape index (κ2) is 7.84. The van der Waals surface area contributed by atoms with Gasteiger partial charge in [-0.2, -0.15) is 0 Å². The van der Waals surface area contributed by atoms with Crippen molar-refractivity contribution in [3.05, 3.63) is 65.2 Å². The van der Waals surface area contributed by atoms with Crippen molar-refractivity contribution in [1.82, 2.24) is 5.32 Å². The Labute approximate surface area is 147 Å². The van der Waals surface area contributed by atoms with E-state index in [1.807, 2.05) is 12.1 Å². The van der Waals surface area contributed by atoms with Crippen LogP contribution in [0.1, 0.15) is 53.0 Å². The predicted octanol–water partition coefficient (Wildman–Crippen LogP) is 4.14. The summed E-state index contributed by atoms with van der Waals surface area (Å²) in [6.07, 6.45) is 0. The van der Waals surface area contributed by atoms with Gasteiger partial charge in [-0.1, -0.05) is 38.1 Å². The van der Waals surface area contributed by atoms with Gasteiger partial charge in [-0.25, -0.2) is 0 Å². The van der Waals surface area contributed by atoms with E-state index in [1.165, 1.54) is 12.5 Å². The number of nitrogens with one attached hydrogen (secondary N) is 2. The normalized spacial score (nSPS) is 10.3. The van der Waals surface area contributed by atoms with Crippen LogP contribution in [0.25, 0.3) is 0 Å². The quantitative estimate of drug-likeness (QED) is 0.649. The van der Waals surface area contributed by atoms with Crippen molar-refractivity contribution in [1.29, 1.82) is 0 Å². The van der Waals surface area contributed by atoms with Gasteiger partial charge in [0.2, 0.25) is 0 Å². The van der Waals surface area contributed by atoms with Crippen molar-refractivity contribution in [2.24, 2.45) is 0 Å². The van der Waals surface area contributed by atoms with Crippen LogP contribution in [0.2, 0.25) is 0 Å². The van der Waals surface area contributed by atoms with E-state index in [4.69, 9.17) is 12.2 Å². The number of hydrogen-bond acceptors (Lipinski definition) is 3. The predicted molar refractivity (Wildman–Crippen MR) is 101 cm³/mol. The van der Waals surface area contributed by atoms with Crippen LogP contribution in [-0.4, -0.2) is 16.8 Å². The van der Waals surface area contributed by atoms with Crippen LogP contribution < -0.4 is 10.6 Å². The molecule has 2 N–H and O–H groups in total. The lowest BCUT2D eigenvalue weighted by atomic mass is 10.0. The highest BCUT2D eigenvalue weighted by Gasteiger charge is 2.09. The molecule has 0 aliphatic heterocycles. The lowest BCUT2D eigenvalue weighted by Crippen LogP contribution is -2.34. The molecular weight excluding hydrogens is 320 g/mol. The zero-order valence-electron chi connectivity index (χ0n) is 13.9. The Bertz CT molecular complexity index is 767. The Balaban J connectivity index is 2.00. The van der Waals surface area contributed by atoms with Crippen LogP contribution in [-0.2, 0) is 0 Å². The fraction of sp³-hybridized carbons (Fsp3) is 0.211. The number of anilines is 1. The molecule has 0 heterocycles. The molecule has 0 atom stereocenters. The summed E-state index contributed by atoms with van der Waals surface area (Å²) in [5.41, 5.74) is 2.95. The Morgan fingerprint density at radius 1 is 1.00 bits per heavy atom. The van der Waals surface area contributed by atoms with Gasteiger partial charge in [-0.3, -0.25) is 14.9 Å². The standard InChI is InChI=1S/C19H20N2O2S/c1-12(2)14-7-9-15(10-8-14)18(23)21-19(24)20-17-6-4-5-16(11-17)13(3)22/h4-12H,1-3H3,(H2,20,21,23,24). The van der Waals surface area contributed by atoms with Crippen LogP contribution in [0, 0.1) is 0 Å². The Hall–Kier alpha value is -2.53. The highest BCUT2D eigenvalue weighted by atomic mass is 32.1. The lowest BCUT2D eigenvalue weighted by Gasteiger charge is -2.11. The molecular formula is C19H20N2O2S. The number of ketones is 1. The summed E-state index contributed by atoms with van der Waals surface area (Å²) in [5.74, 6) is 0.114. The Morgan fingerprint density at radius 2 is 1.67 bits per heavy atom. The van der Waals surface area contributed by atoms with E-state index in [0.29, 0.717) is 22.7 Å². The third kappa shape index (κ3) is 4.73. The van der Waals surface area contributed by atoms with E-state index < -0.39 is 0 Å². The number of thiocarbonyl (C=S) groups is 1.